The van der Waals surface area contributed by atoms with E-state index in [1.807, 2.05) is 37.3 Å². The van der Waals surface area contributed by atoms with Crippen LogP contribution in [0.25, 0.3) is 0 Å². The predicted octanol–water partition coefficient (Wildman–Crippen LogP) is 3.04. The first-order chi connectivity index (χ1) is 14.1. The lowest BCUT2D eigenvalue weighted by Gasteiger charge is -2.31. The first kappa shape index (κ1) is 20.9. The molecule has 1 heterocycles. The number of aliphatic imine (C=N–C) groups is 1. The topological polar surface area (TPSA) is 91.2 Å². The fraction of sp³-hybridized carbons (Fsp3) is 0.286. The molecule has 0 unspecified atom stereocenters. The molecule has 1 aliphatic heterocycles. The zero-order valence-corrected chi connectivity index (χ0v) is 16.9. The minimum atomic E-state index is -0.605. The van der Waals surface area contributed by atoms with Gasteiger partial charge in [-0.1, -0.05) is 30.0 Å². The lowest BCUT2D eigenvalue weighted by atomic mass is 10.2. The third-order valence-electron chi connectivity index (χ3n) is 4.17. The van der Waals surface area contributed by atoms with Crippen LogP contribution < -0.4 is 10.1 Å². The molecule has 1 aliphatic rings. The Bertz CT molecular complexity index is 871. The minimum Gasteiger partial charge on any atom is -0.494 e. The highest BCUT2D eigenvalue weighted by Gasteiger charge is 2.35. The van der Waals surface area contributed by atoms with Gasteiger partial charge in [0.15, 0.2) is 5.17 Å². The largest absolute Gasteiger partial charge is 0.494 e. The van der Waals surface area contributed by atoms with Crippen molar-refractivity contribution in [3.63, 3.8) is 0 Å². The molecule has 7 nitrogen and oxygen atoms in total. The van der Waals surface area contributed by atoms with E-state index >= 15 is 0 Å². The van der Waals surface area contributed by atoms with Gasteiger partial charge in [0.1, 0.15) is 11.0 Å². The summed E-state index contributed by atoms with van der Waals surface area (Å²) in [6, 6.07) is 16.3. The SMILES string of the molecule is CCOc1ccc(NC(=O)[C@@H]2CC(=O)N(CCO)C(=Nc3ccccc3)S2)cc1. The van der Waals surface area contributed by atoms with Gasteiger partial charge in [-0.25, -0.2) is 4.99 Å². The summed E-state index contributed by atoms with van der Waals surface area (Å²) in [5, 5.41) is 12.0. The highest BCUT2D eigenvalue weighted by Crippen LogP contribution is 2.30. The van der Waals surface area contributed by atoms with Crippen molar-refractivity contribution in [3.8, 4) is 5.75 Å². The Morgan fingerprint density at radius 1 is 1.24 bits per heavy atom. The molecule has 2 N–H and O–H groups in total. The zero-order valence-electron chi connectivity index (χ0n) is 16.1. The fourth-order valence-electron chi connectivity index (χ4n) is 2.80. The minimum absolute atomic E-state index is 0.0430. The van der Waals surface area contributed by atoms with Gasteiger partial charge in [-0.15, -0.1) is 0 Å². The molecular formula is C21H23N3O4S. The van der Waals surface area contributed by atoms with E-state index < -0.39 is 5.25 Å². The van der Waals surface area contributed by atoms with E-state index in [0.29, 0.717) is 23.1 Å². The van der Waals surface area contributed by atoms with Crippen LogP contribution >= 0.6 is 11.8 Å². The molecule has 2 aromatic rings. The van der Waals surface area contributed by atoms with Gasteiger partial charge in [-0.05, 0) is 43.3 Å². The molecule has 0 radical (unpaired) electrons. The van der Waals surface area contributed by atoms with Crippen molar-refractivity contribution in [2.45, 2.75) is 18.6 Å². The van der Waals surface area contributed by atoms with Crippen LogP contribution in [0.3, 0.4) is 0 Å². The summed E-state index contributed by atoms with van der Waals surface area (Å²) in [5.41, 5.74) is 1.31. The van der Waals surface area contributed by atoms with Crippen molar-refractivity contribution in [1.82, 2.24) is 4.90 Å². The van der Waals surface area contributed by atoms with Gasteiger partial charge in [-0.3, -0.25) is 14.5 Å². The van der Waals surface area contributed by atoms with E-state index in [1.54, 1.807) is 24.3 Å². The average molecular weight is 413 g/mol. The van der Waals surface area contributed by atoms with Crippen molar-refractivity contribution in [1.29, 1.82) is 0 Å². The Hall–Kier alpha value is -2.84. The van der Waals surface area contributed by atoms with E-state index in [1.165, 1.54) is 16.7 Å². The summed E-state index contributed by atoms with van der Waals surface area (Å²) < 4.78 is 5.40. The van der Waals surface area contributed by atoms with Gasteiger partial charge in [0.25, 0.3) is 0 Å². The number of para-hydroxylation sites is 1. The second-order valence-electron chi connectivity index (χ2n) is 6.26. The smallest absolute Gasteiger partial charge is 0.238 e. The molecule has 3 rings (SSSR count). The highest BCUT2D eigenvalue weighted by molar-refractivity contribution is 8.15. The second-order valence-corrected chi connectivity index (χ2v) is 7.43. The van der Waals surface area contributed by atoms with Gasteiger partial charge in [0, 0.05) is 12.1 Å². The monoisotopic (exact) mass is 413 g/mol. The van der Waals surface area contributed by atoms with Crippen LogP contribution in [0.2, 0.25) is 0 Å². The van der Waals surface area contributed by atoms with E-state index in [0.717, 1.165) is 5.75 Å². The summed E-state index contributed by atoms with van der Waals surface area (Å²) >= 11 is 1.22. The molecule has 0 spiro atoms. The number of β-amino-alcohol motifs (C(OH)–C–C–N with tert-alkyl or cyclic N) is 1. The van der Waals surface area contributed by atoms with Crippen LogP contribution in [0.1, 0.15) is 13.3 Å². The number of ether oxygens (including phenoxy) is 1. The number of nitrogens with zero attached hydrogens (tertiary/aromatic N) is 2. The van der Waals surface area contributed by atoms with E-state index in [9.17, 15) is 14.7 Å². The Morgan fingerprint density at radius 3 is 2.62 bits per heavy atom. The number of amides is 2. The van der Waals surface area contributed by atoms with Crippen molar-refractivity contribution in [2.24, 2.45) is 4.99 Å². The summed E-state index contributed by atoms with van der Waals surface area (Å²) in [6.45, 7) is 2.44. The Morgan fingerprint density at radius 2 is 1.97 bits per heavy atom. The number of nitrogens with one attached hydrogen (secondary N) is 1. The maximum absolute atomic E-state index is 12.7. The number of benzene rings is 2. The number of hydrogen-bond donors (Lipinski definition) is 2. The molecular weight excluding hydrogens is 390 g/mol. The van der Waals surface area contributed by atoms with E-state index in [2.05, 4.69) is 10.3 Å². The number of hydrogen-bond acceptors (Lipinski definition) is 6. The van der Waals surface area contributed by atoms with Crippen molar-refractivity contribution in [3.05, 3.63) is 54.6 Å². The Kier molecular flexibility index (Phi) is 7.26. The van der Waals surface area contributed by atoms with Crippen LogP contribution in [-0.4, -0.2) is 52.0 Å². The van der Waals surface area contributed by atoms with Gasteiger partial charge >= 0.3 is 0 Å². The summed E-state index contributed by atoms with van der Waals surface area (Å²) in [4.78, 5) is 31.3. The molecule has 0 saturated carbocycles. The molecule has 0 aromatic heterocycles. The van der Waals surface area contributed by atoms with Crippen LogP contribution in [-0.2, 0) is 9.59 Å². The van der Waals surface area contributed by atoms with Crippen LogP contribution in [0.5, 0.6) is 5.75 Å². The molecule has 2 aromatic carbocycles. The van der Waals surface area contributed by atoms with Gasteiger partial charge in [-0.2, -0.15) is 0 Å². The van der Waals surface area contributed by atoms with E-state index in [-0.39, 0.29) is 31.4 Å². The number of aliphatic hydroxyl groups is 1. The number of thioether (sulfide) groups is 1. The number of carbonyl (C=O) groups excluding carboxylic acids is 2. The predicted molar refractivity (Wildman–Crippen MR) is 115 cm³/mol. The Balaban J connectivity index is 1.74. The van der Waals surface area contributed by atoms with Crippen molar-refractivity contribution in [2.75, 3.05) is 25.1 Å². The molecule has 1 atom stereocenters. The normalized spacial score (nSPS) is 18.0. The lowest BCUT2D eigenvalue weighted by molar-refractivity contribution is -0.129. The van der Waals surface area contributed by atoms with E-state index in [4.69, 9.17) is 4.74 Å². The van der Waals surface area contributed by atoms with Gasteiger partial charge in [0.2, 0.25) is 11.8 Å². The molecule has 2 amide bonds. The number of rotatable bonds is 7. The molecule has 0 aliphatic carbocycles. The maximum Gasteiger partial charge on any atom is 0.238 e. The summed E-state index contributed by atoms with van der Waals surface area (Å²) in [7, 11) is 0. The van der Waals surface area contributed by atoms with Crippen molar-refractivity contribution < 1.29 is 19.4 Å². The molecule has 0 bridgehead atoms. The van der Waals surface area contributed by atoms with Crippen LogP contribution in [0, 0.1) is 0 Å². The molecule has 29 heavy (non-hydrogen) atoms. The number of carbonyl (C=O) groups is 2. The third kappa shape index (κ3) is 5.58. The molecule has 152 valence electrons. The molecule has 1 fully saturated rings. The Labute approximate surface area is 173 Å². The van der Waals surface area contributed by atoms with Gasteiger partial charge < -0.3 is 15.2 Å². The second kappa shape index (κ2) is 10.1. The lowest BCUT2D eigenvalue weighted by Crippen LogP contribution is -2.46. The zero-order chi connectivity index (χ0) is 20.6. The van der Waals surface area contributed by atoms with Crippen LogP contribution in [0.15, 0.2) is 59.6 Å². The molecule has 8 heteroatoms. The highest BCUT2D eigenvalue weighted by atomic mass is 32.2. The van der Waals surface area contributed by atoms with Crippen LogP contribution in [0.4, 0.5) is 11.4 Å². The van der Waals surface area contributed by atoms with Crippen molar-refractivity contribution >= 4 is 40.1 Å². The van der Waals surface area contributed by atoms with Gasteiger partial charge in [0.05, 0.1) is 25.4 Å². The first-order valence-corrected chi connectivity index (χ1v) is 10.2. The standard InChI is InChI=1S/C21H23N3O4S/c1-2-28-17-10-8-16(9-11-17)22-20(27)18-14-19(26)24(12-13-25)21(29-18)23-15-6-4-3-5-7-15/h3-11,18,25H,2,12-14H2,1H3,(H,22,27)/t18-/m0/s1. The third-order valence-corrected chi connectivity index (χ3v) is 5.36. The summed E-state index contributed by atoms with van der Waals surface area (Å²) in [6.07, 6.45) is 0.0430. The number of aliphatic hydroxyl groups excluding tert-OH is 1. The maximum atomic E-state index is 12.7. The fourth-order valence-corrected chi connectivity index (χ4v) is 3.92. The summed E-state index contributed by atoms with van der Waals surface area (Å²) in [5.74, 6) is 0.223. The number of amidine groups is 1. The number of anilines is 1. The molecule has 1 saturated heterocycles. The average Bonchev–Trinajstić information content (AvgIpc) is 2.73. The quantitative estimate of drug-likeness (QED) is 0.728. The first-order valence-electron chi connectivity index (χ1n) is 9.36.